The monoisotopic (exact) mass is 363 g/mol. The van der Waals surface area contributed by atoms with E-state index in [1.54, 1.807) is 0 Å². The van der Waals surface area contributed by atoms with Gasteiger partial charge in [0.1, 0.15) is 11.6 Å². The summed E-state index contributed by atoms with van der Waals surface area (Å²) in [4.78, 5) is 12.3. The molecule has 5 heteroatoms. The summed E-state index contributed by atoms with van der Waals surface area (Å²) >= 11 is 0. The molecule has 0 fully saturated rings. The molecule has 1 amide bonds. The lowest BCUT2D eigenvalue weighted by molar-refractivity contribution is -0.116. The summed E-state index contributed by atoms with van der Waals surface area (Å²) in [6, 6.07) is 18.0. The van der Waals surface area contributed by atoms with E-state index in [-0.39, 0.29) is 12.3 Å². The van der Waals surface area contributed by atoms with Gasteiger partial charge >= 0.3 is 0 Å². The largest absolute Gasteiger partial charge is 0.493 e. The molecule has 3 rings (SSSR count). The van der Waals surface area contributed by atoms with Crippen LogP contribution in [0.25, 0.3) is 0 Å². The molecule has 0 unspecified atom stereocenters. The van der Waals surface area contributed by atoms with Gasteiger partial charge in [0.15, 0.2) is 0 Å². The number of aromatic nitrogens is 2. The van der Waals surface area contributed by atoms with Crippen molar-refractivity contribution >= 4 is 11.7 Å². The van der Waals surface area contributed by atoms with E-state index >= 15 is 0 Å². The van der Waals surface area contributed by atoms with Crippen molar-refractivity contribution in [2.45, 2.75) is 33.7 Å². The Hall–Kier alpha value is -3.08. The van der Waals surface area contributed by atoms with Gasteiger partial charge in [-0.3, -0.25) is 4.79 Å². The molecule has 1 aromatic heterocycles. The number of hydrogen-bond acceptors (Lipinski definition) is 3. The van der Waals surface area contributed by atoms with Crippen LogP contribution in [0.4, 0.5) is 5.82 Å². The summed E-state index contributed by atoms with van der Waals surface area (Å²) in [6.07, 6.45) is 0.281. The number of ether oxygens (including phenoxy) is 1. The Morgan fingerprint density at radius 3 is 2.59 bits per heavy atom. The van der Waals surface area contributed by atoms with E-state index in [1.807, 2.05) is 74.0 Å². The Morgan fingerprint density at radius 1 is 1.07 bits per heavy atom. The van der Waals surface area contributed by atoms with Crippen LogP contribution in [0, 0.1) is 20.8 Å². The third kappa shape index (κ3) is 5.20. The zero-order valence-corrected chi connectivity index (χ0v) is 16.0. The van der Waals surface area contributed by atoms with E-state index in [9.17, 15) is 4.79 Å². The number of nitrogens with one attached hydrogen (secondary N) is 1. The summed E-state index contributed by atoms with van der Waals surface area (Å²) in [6.45, 7) is 6.92. The third-order valence-corrected chi connectivity index (χ3v) is 4.26. The second kappa shape index (κ2) is 8.54. The fourth-order valence-electron chi connectivity index (χ4n) is 2.94. The number of nitrogens with zero attached hydrogens (tertiary/aromatic N) is 2. The quantitative estimate of drug-likeness (QED) is 0.682. The normalized spacial score (nSPS) is 10.6. The van der Waals surface area contributed by atoms with E-state index in [1.165, 1.54) is 5.56 Å². The Morgan fingerprint density at radius 2 is 1.85 bits per heavy atom. The minimum Gasteiger partial charge on any atom is -0.493 e. The molecular weight excluding hydrogens is 338 g/mol. The van der Waals surface area contributed by atoms with Crippen molar-refractivity contribution < 1.29 is 9.53 Å². The molecule has 0 aliphatic carbocycles. The molecule has 0 aliphatic heterocycles. The van der Waals surface area contributed by atoms with Crippen LogP contribution in [0.2, 0.25) is 0 Å². The number of benzene rings is 2. The molecule has 0 atom stereocenters. The average molecular weight is 363 g/mol. The lowest BCUT2D eigenvalue weighted by atomic mass is 10.1. The number of hydrogen-bond donors (Lipinski definition) is 1. The average Bonchev–Trinajstić information content (AvgIpc) is 2.96. The van der Waals surface area contributed by atoms with Crippen molar-refractivity contribution in [1.82, 2.24) is 9.78 Å². The van der Waals surface area contributed by atoms with Crippen LogP contribution in [0.15, 0.2) is 54.6 Å². The smallest absolute Gasteiger partial charge is 0.228 e. The predicted octanol–water partition coefficient (Wildman–Crippen LogP) is 4.26. The molecular formula is C22H25N3O2. The van der Waals surface area contributed by atoms with Crippen molar-refractivity contribution in [1.29, 1.82) is 0 Å². The van der Waals surface area contributed by atoms with Gasteiger partial charge in [0.2, 0.25) is 5.91 Å². The van der Waals surface area contributed by atoms with E-state index < -0.39 is 0 Å². The molecule has 0 spiro atoms. The van der Waals surface area contributed by atoms with Crippen LogP contribution < -0.4 is 10.1 Å². The van der Waals surface area contributed by atoms with Crippen LogP contribution in [0.1, 0.15) is 28.8 Å². The zero-order valence-electron chi connectivity index (χ0n) is 16.0. The van der Waals surface area contributed by atoms with Gasteiger partial charge in [-0.1, -0.05) is 48.0 Å². The second-order valence-corrected chi connectivity index (χ2v) is 6.73. The fourth-order valence-corrected chi connectivity index (χ4v) is 2.94. The molecule has 2 aromatic carbocycles. The van der Waals surface area contributed by atoms with E-state index in [0.717, 1.165) is 22.6 Å². The SMILES string of the molecule is Cc1ccc(OCCC(=O)Nc2cc(C)nn2Cc2ccccc2)c(C)c1. The molecule has 0 aliphatic rings. The van der Waals surface area contributed by atoms with Crippen LogP contribution in [0.5, 0.6) is 5.75 Å². The van der Waals surface area contributed by atoms with Gasteiger partial charge in [-0.25, -0.2) is 4.68 Å². The minimum atomic E-state index is -0.0889. The van der Waals surface area contributed by atoms with Gasteiger partial charge in [0.05, 0.1) is 25.3 Å². The number of rotatable bonds is 7. The Kier molecular flexibility index (Phi) is 5.91. The number of amides is 1. The highest BCUT2D eigenvalue weighted by molar-refractivity contribution is 5.90. The van der Waals surface area contributed by atoms with Crippen LogP contribution >= 0.6 is 0 Å². The summed E-state index contributed by atoms with van der Waals surface area (Å²) in [7, 11) is 0. The fraction of sp³-hybridized carbons (Fsp3) is 0.273. The Labute approximate surface area is 160 Å². The summed E-state index contributed by atoms with van der Waals surface area (Å²) in [5.74, 6) is 1.43. The molecule has 0 saturated carbocycles. The van der Waals surface area contributed by atoms with Gasteiger partial charge in [0, 0.05) is 6.07 Å². The number of carbonyl (C=O) groups is 1. The minimum absolute atomic E-state index is 0.0889. The van der Waals surface area contributed by atoms with Crippen molar-refractivity contribution in [2.75, 3.05) is 11.9 Å². The first-order chi connectivity index (χ1) is 13.0. The molecule has 3 aromatic rings. The lowest BCUT2D eigenvalue weighted by Gasteiger charge is -2.11. The van der Waals surface area contributed by atoms with Crippen molar-refractivity contribution in [3.63, 3.8) is 0 Å². The van der Waals surface area contributed by atoms with Gasteiger partial charge in [-0.15, -0.1) is 0 Å². The summed E-state index contributed by atoms with van der Waals surface area (Å²) < 4.78 is 7.56. The maximum Gasteiger partial charge on any atom is 0.228 e. The van der Waals surface area contributed by atoms with E-state index in [4.69, 9.17) is 4.74 Å². The number of carbonyl (C=O) groups excluding carboxylic acids is 1. The van der Waals surface area contributed by atoms with Crippen molar-refractivity contribution in [3.8, 4) is 5.75 Å². The molecule has 1 N–H and O–H groups in total. The predicted molar refractivity (Wildman–Crippen MR) is 107 cm³/mol. The topological polar surface area (TPSA) is 56.1 Å². The van der Waals surface area contributed by atoms with Crippen molar-refractivity contribution in [2.24, 2.45) is 0 Å². The highest BCUT2D eigenvalue weighted by Crippen LogP contribution is 2.19. The third-order valence-electron chi connectivity index (χ3n) is 4.26. The first-order valence-corrected chi connectivity index (χ1v) is 9.09. The maximum atomic E-state index is 12.3. The molecule has 0 saturated heterocycles. The highest BCUT2D eigenvalue weighted by atomic mass is 16.5. The van der Waals surface area contributed by atoms with Gasteiger partial charge < -0.3 is 10.1 Å². The molecule has 27 heavy (non-hydrogen) atoms. The van der Waals surface area contributed by atoms with Gasteiger partial charge in [-0.2, -0.15) is 5.10 Å². The first-order valence-electron chi connectivity index (χ1n) is 9.09. The number of anilines is 1. The Bertz CT molecular complexity index is 917. The lowest BCUT2D eigenvalue weighted by Crippen LogP contribution is -2.18. The Balaban J connectivity index is 1.56. The van der Waals surface area contributed by atoms with Gasteiger partial charge in [-0.05, 0) is 38.0 Å². The molecule has 0 bridgehead atoms. The van der Waals surface area contributed by atoms with E-state index in [2.05, 4.69) is 16.5 Å². The number of aryl methyl sites for hydroxylation is 3. The van der Waals surface area contributed by atoms with E-state index in [0.29, 0.717) is 19.0 Å². The molecule has 140 valence electrons. The standard InChI is InChI=1S/C22H25N3O2/c1-16-9-10-20(17(2)13-16)27-12-11-22(26)23-21-14-18(3)24-25(21)15-19-7-5-4-6-8-19/h4-10,13-14H,11-12,15H2,1-3H3,(H,23,26). The molecule has 5 nitrogen and oxygen atoms in total. The van der Waals surface area contributed by atoms with Crippen LogP contribution in [0.3, 0.4) is 0 Å². The zero-order chi connectivity index (χ0) is 19.2. The second-order valence-electron chi connectivity index (χ2n) is 6.73. The van der Waals surface area contributed by atoms with Gasteiger partial charge in [0.25, 0.3) is 0 Å². The first kappa shape index (κ1) is 18.7. The van der Waals surface area contributed by atoms with Crippen molar-refractivity contribution in [3.05, 3.63) is 77.0 Å². The van der Waals surface area contributed by atoms with Crippen LogP contribution in [-0.2, 0) is 11.3 Å². The highest BCUT2D eigenvalue weighted by Gasteiger charge is 2.10. The maximum absolute atomic E-state index is 12.3. The van der Waals surface area contributed by atoms with Crippen LogP contribution in [-0.4, -0.2) is 22.3 Å². The summed E-state index contributed by atoms with van der Waals surface area (Å²) in [5, 5.41) is 7.42. The molecule has 0 radical (unpaired) electrons. The molecule has 1 heterocycles. The summed E-state index contributed by atoms with van der Waals surface area (Å²) in [5.41, 5.74) is 4.27.